The molecule has 0 fully saturated rings. The number of aromatic nitrogens is 2. The molecule has 0 atom stereocenters. The van der Waals surface area contributed by atoms with Gasteiger partial charge in [0.05, 0.1) is 20.1 Å². The van der Waals surface area contributed by atoms with Gasteiger partial charge in [0.25, 0.3) is 0 Å². The van der Waals surface area contributed by atoms with Crippen LogP contribution in [0.15, 0.2) is 16.7 Å². The molecule has 3 nitrogen and oxygen atoms in total. The Morgan fingerprint density at radius 2 is 2.89 bits per heavy atom. The van der Waals surface area contributed by atoms with Gasteiger partial charge in [-0.15, -0.1) is 5.10 Å². The van der Waals surface area contributed by atoms with Crippen LogP contribution in [0.25, 0.3) is 0 Å². The Morgan fingerprint density at radius 1 is 2.00 bits per heavy atom. The van der Waals surface area contributed by atoms with Crippen molar-refractivity contribution in [2.75, 3.05) is 7.04 Å². The van der Waals surface area contributed by atoms with Gasteiger partial charge in [0.1, 0.15) is 0 Å². The highest BCUT2D eigenvalue weighted by atomic mass is 79.9. The predicted octanol–water partition coefficient (Wildman–Crippen LogP) is 1.25. The maximum atomic E-state index is 7.37. The molecule has 0 saturated carbocycles. The Morgan fingerprint density at radius 3 is 3.67 bits per heavy atom. The Labute approximate surface area is 68.2 Å². The second-order valence-electron chi connectivity index (χ2n) is 1.16. The molecule has 1 rings (SSSR count). The van der Waals surface area contributed by atoms with Gasteiger partial charge in [0.2, 0.25) is 5.88 Å². The molecule has 0 radical (unpaired) electrons. The molecule has 48 valence electrons. The van der Waals surface area contributed by atoms with Crippen molar-refractivity contribution in [2.24, 2.45) is 0 Å². The van der Waals surface area contributed by atoms with Crippen LogP contribution in [-0.2, 0) is 0 Å². The summed E-state index contributed by atoms with van der Waals surface area (Å²) in [5.41, 5.74) is 0. The Kier molecular flexibility index (Phi) is 0.782. The van der Waals surface area contributed by atoms with Gasteiger partial charge in [-0.1, -0.05) is 0 Å². The number of hydrogen-bond acceptors (Lipinski definition) is 3. The quantitative estimate of drug-likeness (QED) is 0.674. The topological polar surface area (TPSA) is 35.0 Å². The maximum Gasteiger partial charge on any atom is 0.234 e. The smallest absolute Gasteiger partial charge is 0.234 e. The number of hydrogen-bond donors (Lipinski definition) is 0. The van der Waals surface area contributed by atoms with E-state index in [1.54, 1.807) is 0 Å². The predicted molar refractivity (Wildman–Crippen MR) is 36.3 cm³/mol. The van der Waals surface area contributed by atoms with Crippen LogP contribution >= 0.6 is 15.9 Å². The lowest BCUT2D eigenvalue weighted by Gasteiger charge is -1.94. The van der Waals surface area contributed by atoms with Gasteiger partial charge in [0, 0.05) is 10.5 Å². The SMILES string of the molecule is [2H]c1nnc(OC([2H])([2H])[2H])c([2H])c1Br. The number of nitrogens with zero attached hydrogens (tertiary/aromatic N) is 2. The highest BCUT2D eigenvalue weighted by Gasteiger charge is 1.91. The fourth-order valence-electron chi connectivity index (χ4n) is 0.307. The minimum Gasteiger partial charge on any atom is -0.480 e. The van der Waals surface area contributed by atoms with Gasteiger partial charge in [-0.05, 0) is 15.9 Å². The van der Waals surface area contributed by atoms with Gasteiger partial charge in [0.15, 0.2) is 0 Å². The van der Waals surface area contributed by atoms with Crippen molar-refractivity contribution in [2.45, 2.75) is 0 Å². The zero-order valence-corrected chi connectivity index (χ0v) is 5.77. The monoisotopic (exact) mass is 193 g/mol. The first-order chi connectivity index (χ1) is 6.31. The van der Waals surface area contributed by atoms with Crippen LogP contribution in [-0.4, -0.2) is 17.2 Å². The summed E-state index contributed by atoms with van der Waals surface area (Å²) in [4.78, 5) is 0. The summed E-state index contributed by atoms with van der Waals surface area (Å²) in [5.74, 6) is -0.423. The van der Waals surface area contributed by atoms with E-state index in [9.17, 15) is 0 Å². The van der Waals surface area contributed by atoms with Crippen molar-refractivity contribution in [3.8, 4) is 5.88 Å². The van der Waals surface area contributed by atoms with Crippen LogP contribution < -0.4 is 4.74 Å². The average molecular weight is 194 g/mol. The van der Waals surface area contributed by atoms with Crippen molar-refractivity contribution in [3.63, 3.8) is 0 Å². The fourth-order valence-corrected chi connectivity index (χ4v) is 0.556. The molecule has 1 heterocycles. The molecule has 1 aromatic rings. The van der Waals surface area contributed by atoms with E-state index in [0.717, 1.165) is 0 Å². The molecule has 1 aromatic heterocycles. The summed E-state index contributed by atoms with van der Waals surface area (Å²) in [6.07, 6.45) is -0.243. The molecule has 0 bridgehead atoms. The van der Waals surface area contributed by atoms with E-state index >= 15 is 0 Å². The lowest BCUT2D eigenvalue weighted by Crippen LogP contribution is -1.88. The van der Waals surface area contributed by atoms with Crippen molar-refractivity contribution >= 4 is 15.9 Å². The molecule has 0 amide bonds. The summed E-state index contributed by atoms with van der Waals surface area (Å²) in [6, 6.07) is -0.305. The van der Waals surface area contributed by atoms with Crippen LogP contribution in [0.4, 0.5) is 0 Å². The first-order valence-electron chi connectivity index (χ1n) is 4.49. The van der Waals surface area contributed by atoms with Crippen LogP contribution in [0.5, 0.6) is 5.88 Å². The van der Waals surface area contributed by atoms with Gasteiger partial charge < -0.3 is 4.74 Å². The molecule has 0 aliphatic carbocycles. The van der Waals surface area contributed by atoms with Crippen molar-refractivity contribution in [3.05, 3.63) is 16.7 Å². The van der Waals surface area contributed by atoms with Crippen molar-refractivity contribution < 1.29 is 11.6 Å². The number of methoxy groups -OCH3 is 1. The van der Waals surface area contributed by atoms with Crippen LogP contribution in [0.3, 0.4) is 0 Å². The molecule has 0 unspecified atom stereocenters. The molecule has 9 heavy (non-hydrogen) atoms. The zero-order chi connectivity index (χ0) is 10.9. The van der Waals surface area contributed by atoms with E-state index in [1.165, 1.54) is 0 Å². The maximum absolute atomic E-state index is 7.37. The standard InChI is InChI=1S/C5H5BrN2O/c1-9-5-2-4(6)3-7-8-5/h2-3H,1H3/i1D3,2D,3D. The third-order valence-electron chi connectivity index (χ3n) is 0.602. The summed E-state index contributed by atoms with van der Waals surface area (Å²) >= 11 is 2.90. The third kappa shape index (κ3) is 1.64. The lowest BCUT2D eigenvalue weighted by atomic mass is 10.6. The van der Waals surface area contributed by atoms with E-state index in [0.29, 0.717) is 0 Å². The van der Waals surface area contributed by atoms with Crippen LogP contribution in [0.2, 0.25) is 0 Å². The molecule has 0 N–H and O–H groups in total. The van der Waals surface area contributed by atoms with Gasteiger partial charge in [-0.25, -0.2) is 0 Å². The summed E-state index contributed by atoms with van der Waals surface area (Å²) in [5, 5.41) is 6.59. The molecule has 4 heteroatoms. The summed E-state index contributed by atoms with van der Waals surface area (Å²) < 4.78 is 39.3. The van der Waals surface area contributed by atoms with E-state index < -0.39 is 12.9 Å². The molecule has 0 aromatic carbocycles. The lowest BCUT2D eigenvalue weighted by molar-refractivity contribution is 0.391. The average Bonchev–Trinajstić information content (AvgIpc) is 2.04. The summed E-state index contributed by atoms with van der Waals surface area (Å²) in [6.45, 7) is 0. The van der Waals surface area contributed by atoms with E-state index in [2.05, 4.69) is 30.9 Å². The minimum atomic E-state index is -2.67. The number of ether oxygens (including phenoxy) is 1. The molecule has 0 aliphatic rings. The van der Waals surface area contributed by atoms with Crippen molar-refractivity contribution in [1.82, 2.24) is 10.2 Å². The third-order valence-corrected chi connectivity index (χ3v) is 0.978. The Bertz CT molecular complexity index is 355. The minimum absolute atomic E-state index is 0.0479. The fraction of sp³-hybridized carbons (Fsp3) is 0.200. The van der Waals surface area contributed by atoms with Gasteiger partial charge in [-0.2, -0.15) is 5.10 Å². The highest BCUT2D eigenvalue weighted by Crippen LogP contribution is 2.11. The molecule has 0 aliphatic heterocycles. The highest BCUT2D eigenvalue weighted by molar-refractivity contribution is 9.10. The molecule has 0 spiro atoms. The van der Waals surface area contributed by atoms with Gasteiger partial charge >= 0.3 is 0 Å². The number of rotatable bonds is 1. The molecular formula is C5H5BrN2O. The normalized spacial score (nSPS) is 18.6. The first kappa shape index (κ1) is 2.54. The largest absolute Gasteiger partial charge is 0.480 e. The first-order valence-corrected chi connectivity index (χ1v) is 2.79. The number of halogens is 1. The zero-order valence-electron chi connectivity index (χ0n) is 9.18. The molecular weight excluding hydrogens is 184 g/mol. The second kappa shape index (κ2) is 2.77. The van der Waals surface area contributed by atoms with E-state index in [-0.39, 0.29) is 16.7 Å². The molecule has 0 saturated heterocycles. The Balaban J connectivity index is 3.06. The Hall–Kier alpha value is -0.640. The second-order valence-corrected chi connectivity index (χ2v) is 1.95. The van der Waals surface area contributed by atoms with E-state index in [4.69, 9.17) is 6.85 Å². The van der Waals surface area contributed by atoms with Crippen molar-refractivity contribution in [1.29, 1.82) is 0 Å². The van der Waals surface area contributed by atoms with Crippen LogP contribution in [0.1, 0.15) is 6.85 Å². The van der Waals surface area contributed by atoms with Crippen LogP contribution in [0, 0.1) is 0 Å². The van der Waals surface area contributed by atoms with E-state index in [1.807, 2.05) is 0 Å². The van der Waals surface area contributed by atoms with Gasteiger partial charge in [-0.3, -0.25) is 0 Å². The summed E-state index contributed by atoms with van der Waals surface area (Å²) in [7, 11) is -2.67.